The Morgan fingerprint density at radius 1 is 1.58 bits per heavy atom. The van der Waals surface area contributed by atoms with Gasteiger partial charge in [-0.05, 0) is 31.4 Å². The number of likely N-dealkylation sites (tertiary alicyclic amines) is 1. The molecule has 1 fully saturated rings. The number of carbonyl (C=O) groups is 1. The molecule has 1 amide bonds. The number of hydrogen-bond acceptors (Lipinski definition) is 4. The summed E-state index contributed by atoms with van der Waals surface area (Å²) in [5.41, 5.74) is -0.0644. The van der Waals surface area contributed by atoms with E-state index in [0.717, 1.165) is 25.6 Å². The van der Waals surface area contributed by atoms with E-state index < -0.39 is 0 Å². The molecule has 1 aliphatic heterocycles. The van der Waals surface area contributed by atoms with Crippen LogP contribution in [0.3, 0.4) is 0 Å². The van der Waals surface area contributed by atoms with Crippen LogP contribution < -0.4 is 10.9 Å². The molecule has 104 valence electrons. The van der Waals surface area contributed by atoms with E-state index in [0.29, 0.717) is 6.54 Å². The van der Waals surface area contributed by atoms with Crippen molar-refractivity contribution >= 4 is 5.91 Å². The second-order valence-corrected chi connectivity index (χ2v) is 5.11. The Morgan fingerprint density at radius 2 is 2.42 bits per heavy atom. The van der Waals surface area contributed by atoms with E-state index in [1.54, 1.807) is 0 Å². The van der Waals surface area contributed by atoms with Crippen LogP contribution in [0.15, 0.2) is 16.9 Å². The van der Waals surface area contributed by atoms with E-state index in [-0.39, 0.29) is 17.2 Å². The van der Waals surface area contributed by atoms with Gasteiger partial charge in [-0.25, -0.2) is 5.10 Å². The Bertz CT molecular complexity index is 465. The smallest absolute Gasteiger partial charge is 0.271 e. The lowest BCUT2D eigenvalue weighted by atomic mass is 10.0. The minimum Gasteiger partial charge on any atom is -0.349 e. The fourth-order valence-corrected chi connectivity index (χ4v) is 2.38. The average Bonchev–Trinajstić information content (AvgIpc) is 2.39. The van der Waals surface area contributed by atoms with Crippen molar-refractivity contribution in [3.63, 3.8) is 0 Å². The zero-order valence-electron chi connectivity index (χ0n) is 11.2. The summed E-state index contributed by atoms with van der Waals surface area (Å²) >= 11 is 0. The predicted molar refractivity (Wildman–Crippen MR) is 72.0 cm³/mol. The number of nitrogens with one attached hydrogen (secondary N) is 2. The Morgan fingerprint density at radius 3 is 3.11 bits per heavy atom. The number of hydrogen-bond donors (Lipinski definition) is 2. The molecule has 0 aliphatic carbocycles. The molecule has 2 heterocycles. The molecular formula is C13H20N4O2. The van der Waals surface area contributed by atoms with Crippen LogP contribution in [0.4, 0.5) is 0 Å². The highest BCUT2D eigenvalue weighted by molar-refractivity contribution is 5.91. The van der Waals surface area contributed by atoms with Gasteiger partial charge in [0.2, 0.25) is 0 Å². The van der Waals surface area contributed by atoms with Crippen molar-refractivity contribution in [2.24, 2.45) is 5.92 Å². The minimum atomic E-state index is -0.307. The highest BCUT2D eigenvalue weighted by atomic mass is 16.2. The molecule has 0 saturated carbocycles. The molecule has 2 rings (SSSR count). The zero-order chi connectivity index (χ0) is 13.7. The largest absolute Gasteiger partial charge is 0.349 e. The topological polar surface area (TPSA) is 78.1 Å². The van der Waals surface area contributed by atoms with E-state index >= 15 is 0 Å². The second kappa shape index (κ2) is 6.47. The van der Waals surface area contributed by atoms with E-state index in [9.17, 15) is 9.59 Å². The van der Waals surface area contributed by atoms with Crippen LogP contribution in [0.25, 0.3) is 0 Å². The summed E-state index contributed by atoms with van der Waals surface area (Å²) in [6.45, 7) is 5.94. The maximum Gasteiger partial charge on any atom is 0.271 e. The number of piperidine rings is 1. The first-order valence-corrected chi connectivity index (χ1v) is 6.71. The van der Waals surface area contributed by atoms with Gasteiger partial charge in [0.1, 0.15) is 5.69 Å². The summed E-state index contributed by atoms with van der Waals surface area (Å²) in [4.78, 5) is 25.0. The fraction of sp³-hybridized carbons (Fsp3) is 0.615. The summed E-state index contributed by atoms with van der Waals surface area (Å²) in [6, 6.07) is 2.73. The van der Waals surface area contributed by atoms with Gasteiger partial charge in [0.25, 0.3) is 11.5 Å². The fourth-order valence-electron chi connectivity index (χ4n) is 2.38. The number of aromatic amines is 1. The number of nitrogens with zero attached hydrogens (tertiary/aromatic N) is 2. The molecule has 0 spiro atoms. The maximum atomic E-state index is 11.7. The molecule has 19 heavy (non-hydrogen) atoms. The first-order chi connectivity index (χ1) is 9.15. The van der Waals surface area contributed by atoms with Gasteiger partial charge in [0.05, 0.1) is 0 Å². The van der Waals surface area contributed by atoms with Gasteiger partial charge in [-0.3, -0.25) is 9.59 Å². The molecule has 6 nitrogen and oxygen atoms in total. The average molecular weight is 264 g/mol. The van der Waals surface area contributed by atoms with Crippen LogP contribution in [-0.4, -0.2) is 47.2 Å². The van der Waals surface area contributed by atoms with Gasteiger partial charge in [-0.1, -0.05) is 6.92 Å². The maximum absolute atomic E-state index is 11.7. The number of rotatable bonds is 4. The van der Waals surface area contributed by atoms with E-state index in [1.807, 2.05) is 0 Å². The molecule has 2 N–H and O–H groups in total. The molecule has 0 aromatic carbocycles. The first kappa shape index (κ1) is 13.7. The Balaban J connectivity index is 1.74. The molecule has 6 heteroatoms. The predicted octanol–water partition coefficient (Wildman–Crippen LogP) is 0.232. The molecule has 0 bridgehead atoms. The summed E-state index contributed by atoms with van der Waals surface area (Å²) in [6.07, 6.45) is 2.53. The quantitative estimate of drug-likeness (QED) is 0.816. The van der Waals surface area contributed by atoms with Gasteiger partial charge in [0, 0.05) is 25.7 Å². The van der Waals surface area contributed by atoms with Crippen LogP contribution in [0, 0.1) is 5.92 Å². The molecule has 1 atom stereocenters. The van der Waals surface area contributed by atoms with E-state index in [1.165, 1.54) is 25.0 Å². The Labute approximate surface area is 112 Å². The lowest BCUT2D eigenvalue weighted by molar-refractivity contribution is 0.0937. The zero-order valence-corrected chi connectivity index (χ0v) is 11.2. The third-order valence-corrected chi connectivity index (χ3v) is 3.37. The normalized spacial score (nSPS) is 20.2. The van der Waals surface area contributed by atoms with Crippen LogP contribution in [0.2, 0.25) is 0 Å². The van der Waals surface area contributed by atoms with E-state index in [4.69, 9.17) is 0 Å². The van der Waals surface area contributed by atoms with Gasteiger partial charge in [-0.15, -0.1) is 0 Å². The molecule has 1 saturated heterocycles. The number of amides is 1. The Kier molecular flexibility index (Phi) is 4.68. The van der Waals surface area contributed by atoms with Crippen molar-refractivity contribution in [1.82, 2.24) is 20.4 Å². The van der Waals surface area contributed by atoms with Crippen molar-refractivity contribution in [1.29, 1.82) is 0 Å². The molecular weight excluding hydrogens is 244 g/mol. The van der Waals surface area contributed by atoms with Crippen molar-refractivity contribution in [2.45, 2.75) is 19.8 Å². The standard InChI is InChI=1S/C13H20N4O2/c1-10-3-2-7-17(9-10)8-6-14-13(19)11-4-5-12(18)16-15-11/h4-5,10H,2-3,6-9H2,1H3,(H,14,19)(H,16,18)/t10-/m1/s1. The van der Waals surface area contributed by atoms with Gasteiger partial charge in [0.15, 0.2) is 0 Å². The molecule has 1 aromatic rings. The van der Waals surface area contributed by atoms with Crippen molar-refractivity contribution in [2.75, 3.05) is 26.2 Å². The number of carbonyl (C=O) groups excluding carboxylic acids is 1. The molecule has 0 unspecified atom stereocenters. The van der Waals surface area contributed by atoms with Crippen LogP contribution in [0.1, 0.15) is 30.3 Å². The lowest BCUT2D eigenvalue weighted by Crippen LogP contribution is -2.40. The second-order valence-electron chi connectivity index (χ2n) is 5.11. The SMILES string of the molecule is C[C@@H]1CCCN(CCNC(=O)c2ccc(=O)[nH]n2)C1. The number of H-pyrrole nitrogens is 1. The monoisotopic (exact) mass is 264 g/mol. The third kappa shape index (κ3) is 4.17. The highest BCUT2D eigenvalue weighted by Crippen LogP contribution is 2.14. The summed E-state index contributed by atoms with van der Waals surface area (Å²) in [5.74, 6) is 0.492. The van der Waals surface area contributed by atoms with Crippen LogP contribution in [-0.2, 0) is 0 Å². The molecule has 1 aliphatic rings. The third-order valence-electron chi connectivity index (χ3n) is 3.37. The number of aromatic nitrogens is 2. The summed E-state index contributed by atoms with van der Waals surface area (Å²) in [7, 11) is 0. The molecule has 0 radical (unpaired) electrons. The van der Waals surface area contributed by atoms with Crippen molar-refractivity contribution in [3.8, 4) is 0 Å². The van der Waals surface area contributed by atoms with Gasteiger partial charge >= 0.3 is 0 Å². The van der Waals surface area contributed by atoms with Gasteiger partial charge in [-0.2, -0.15) is 5.10 Å². The van der Waals surface area contributed by atoms with Gasteiger partial charge < -0.3 is 10.2 Å². The van der Waals surface area contributed by atoms with Crippen molar-refractivity contribution < 1.29 is 4.79 Å². The summed E-state index contributed by atoms with van der Waals surface area (Å²) in [5, 5.41) is 8.76. The minimum absolute atomic E-state index is 0.242. The van der Waals surface area contributed by atoms with Crippen LogP contribution in [0.5, 0.6) is 0 Å². The van der Waals surface area contributed by atoms with E-state index in [2.05, 4.69) is 27.3 Å². The van der Waals surface area contributed by atoms with Crippen LogP contribution >= 0.6 is 0 Å². The van der Waals surface area contributed by atoms with Crippen molar-refractivity contribution in [3.05, 3.63) is 28.2 Å². The Hall–Kier alpha value is -1.69. The highest BCUT2D eigenvalue weighted by Gasteiger charge is 2.16. The lowest BCUT2D eigenvalue weighted by Gasteiger charge is -2.30. The first-order valence-electron chi connectivity index (χ1n) is 6.71. The molecule has 1 aromatic heterocycles. The summed E-state index contributed by atoms with van der Waals surface area (Å²) < 4.78 is 0.